The van der Waals surface area contributed by atoms with E-state index in [2.05, 4.69) is 15.3 Å². The molecule has 0 unspecified atom stereocenters. The molecule has 1 aromatic heterocycles. The maximum absolute atomic E-state index is 12.9. The predicted octanol–water partition coefficient (Wildman–Crippen LogP) is 4.90. The number of hydrogen-bond acceptors (Lipinski definition) is 3. The molecule has 0 aliphatic carbocycles. The number of anilines is 1. The molecule has 1 N–H and O–H groups in total. The summed E-state index contributed by atoms with van der Waals surface area (Å²) in [5, 5.41) is 3.35. The summed E-state index contributed by atoms with van der Waals surface area (Å²) in [7, 11) is 0. The summed E-state index contributed by atoms with van der Waals surface area (Å²) in [5.41, 5.74) is 0.372. The predicted molar refractivity (Wildman–Crippen MR) is 76.7 cm³/mol. The summed E-state index contributed by atoms with van der Waals surface area (Å²) in [6.07, 6.45) is -4.65. The maximum Gasteiger partial charge on any atom is 0.451 e. The molecule has 0 aliphatic heterocycles. The fourth-order valence-electron chi connectivity index (χ4n) is 1.68. The topological polar surface area (TPSA) is 37.8 Å². The molecule has 0 radical (unpaired) electrons. The monoisotopic (exact) mass is 335 g/mol. The Morgan fingerprint density at radius 3 is 2.48 bits per heavy atom. The van der Waals surface area contributed by atoms with Gasteiger partial charge in [-0.15, -0.1) is 0 Å². The van der Waals surface area contributed by atoms with Crippen LogP contribution in [0.4, 0.5) is 19.0 Å². The molecule has 1 aromatic carbocycles. The first kappa shape index (κ1) is 15.9. The average molecular weight is 336 g/mol. The van der Waals surface area contributed by atoms with Crippen LogP contribution in [0.3, 0.4) is 0 Å². The van der Waals surface area contributed by atoms with Crippen molar-refractivity contribution >= 4 is 29.0 Å². The molecule has 21 heavy (non-hydrogen) atoms. The van der Waals surface area contributed by atoms with E-state index < -0.39 is 12.0 Å². The van der Waals surface area contributed by atoms with Crippen LogP contribution in [0.2, 0.25) is 10.0 Å². The molecule has 2 aromatic rings. The second-order valence-electron chi connectivity index (χ2n) is 4.11. The fourth-order valence-corrected chi connectivity index (χ4v) is 2.06. The number of halogens is 5. The highest BCUT2D eigenvalue weighted by atomic mass is 35.5. The lowest BCUT2D eigenvalue weighted by molar-refractivity contribution is -0.144. The van der Waals surface area contributed by atoms with Crippen LogP contribution >= 0.6 is 23.2 Å². The van der Waals surface area contributed by atoms with Crippen LogP contribution in [-0.2, 0) is 6.18 Å². The van der Waals surface area contributed by atoms with Crippen molar-refractivity contribution in [3.63, 3.8) is 0 Å². The van der Waals surface area contributed by atoms with E-state index in [1.165, 1.54) is 18.2 Å². The second-order valence-corrected chi connectivity index (χ2v) is 4.96. The van der Waals surface area contributed by atoms with Crippen molar-refractivity contribution in [3.05, 3.63) is 40.1 Å². The summed E-state index contributed by atoms with van der Waals surface area (Å²) in [4.78, 5) is 6.99. The zero-order chi connectivity index (χ0) is 15.6. The van der Waals surface area contributed by atoms with Gasteiger partial charge in [-0.1, -0.05) is 23.2 Å². The summed E-state index contributed by atoms with van der Waals surface area (Å²) >= 11 is 11.9. The van der Waals surface area contributed by atoms with E-state index in [1.807, 2.05) is 0 Å². The molecule has 0 amide bonds. The lowest BCUT2D eigenvalue weighted by atomic mass is 10.1. The summed E-state index contributed by atoms with van der Waals surface area (Å²) in [5.74, 6) is -1.15. The first-order valence-corrected chi connectivity index (χ1v) is 6.72. The zero-order valence-corrected chi connectivity index (χ0v) is 12.3. The molecule has 0 fully saturated rings. The van der Waals surface area contributed by atoms with Gasteiger partial charge in [0.2, 0.25) is 5.82 Å². The maximum atomic E-state index is 12.9. The largest absolute Gasteiger partial charge is 0.451 e. The highest BCUT2D eigenvalue weighted by Crippen LogP contribution is 2.33. The SMILES string of the molecule is CCNc1cc(-c2cc(Cl)ccc2Cl)nc(C(F)(F)F)n1. The van der Waals surface area contributed by atoms with Crippen LogP contribution in [0.5, 0.6) is 0 Å². The van der Waals surface area contributed by atoms with Crippen LogP contribution < -0.4 is 5.32 Å². The number of hydrogen-bond donors (Lipinski definition) is 1. The third-order valence-corrected chi connectivity index (χ3v) is 3.11. The fraction of sp³-hybridized carbons (Fsp3) is 0.231. The smallest absolute Gasteiger partial charge is 0.370 e. The highest BCUT2D eigenvalue weighted by molar-refractivity contribution is 6.35. The minimum absolute atomic E-state index is 0.0563. The third kappa shape index (κ3) is 3.77. The van der Waals surface area contributed by atoms with Crippen molar-refractivity contribution in [1.82, 2.24) is 9.97 Å². The molecular weight excluding hydrogens is 326 g/mol. The lowest BCUT2D eigenvalue weighted by Crippen LogP contribution is -2.13. The summed E-state index contributed by atoms with van der Waals surface area (Å²) in [6.45, 7) is 2.18. The van der Waals surface area contributed by atoms with E-state index in [0.717, 1.165) is 0 Å². The molecule has 1 heterocycles. The van der Waals surface area contributed by atoms with Gasteiger partial charge >= 0.3 is 6.18 Å². The van der Waals surface area contributed by atoms with Crippen molar-refractivity contribution in [2.24, 2.45) is 0 Å². The number of rotatable bonds is 3. The van der Waals surface area contributed by atoms with Crippen molar-refractivity contribution in [3.8, 4) is 11.3 Å². The summed E-state index contributed by atoms with van der Waals surface area (Å²) < 4.78 is 38.6. The Bertz CT molecular complexity index is 660. The number of benzene rings is 1. The van der Waals surface area contributed by atoms with Gasteiger partial charge in [-0.3, -0.25) is 0 Å². The van der Waals surface area contributed by atoms with E-state index in [-0.39, 0.29) is 16.5 Å². The van der Waals surface area contributed by atoms with E-state index in [9.17, 15) is 13.2 Å². The van der Waals surface area contributed by atoms with Gasteiger partial charge in [0.25, 0.3) is 0 Å². The molecule has 0 saturated heterocycles. The highest BCUT2D eigenvalue weighted by Gasteiger charge is 2.35. The van der Waals surface area contributed by atoms with Crippen LogP contribution in [-0.4, -0.2) is 16.5 Å². The van der Waals surface area contributed by atoms with Crippen LogP contribution in [0.25, 0.3) is 11.3 Å². The van der Waals surface area contributed by atoms with Crippen molar-refractivity contribution in [1.29, 1.82) is 0 Å². The van der Waals surface area contributed by atoms with Gasteiger partial charge < -0.3 is 5.32 Å². The van der Waals surface area contributed by atoms with Gasteiger partial charge in [-0.2, -0.15) is 13.2 Å². The van der Waals surface area contributed by atoms with E-state index in [4.69, 9.17) is 23.2 Å². The quantitative estimate of drug-likeness (QED) is 0.866. The third-order valence-electron chi connectivity index (χ3n) is 2.54. The Balaban J connectivity index is 2.62. The number of aromatic nitrogens is 2. The standard InChI is InChI=1S/C13H10Cl2F3N3/c1-2-19-11-6-10(20-12(21-11)13(16,17)18)8-5-7(14)3-4-9(8)15/h3-6H,2H2,1H3,(H,19,20,21). The van der Waals surface area contributed by atoms with Gasteiger partial charge in [0.05, 0.1) is 10.7 Å². The first-order valence-electron chi connectivity index (χ1n) is 5.97. The van der Waals surface area contributed by atoms with Gasteiger partial charge in [-0.05, 0) is 25.1 Å². The van der Waals surface area contributed by atoms with Crippen molar-refractivity contribution in [2.75, 3.05) is 11.9 Å². The first-order chi connectivity index (χ1) is 9.81. The molecule has 112 valence electrons. The second kappa shape index (κ2) is 6.07. The molecule has 0 bridgehead atoms. The average Bonchev–Trinajstić information content (AvgIpc) is 2.40. The minimum Gasteiger partial charge on any atom is -0.370 e. The lowest BCUT2D eigenvalue weighted by Gasteiger charge is -2.12. The van der Waals surface area contributed by atoms with Gasteiger partial charge in [0.1, 0.15) is 5.82 Å². The molecule has 8 heteroatoms. The van der Waals surface area contributed by atoms with Crippen molar-refractivity contribution < 1.29 is 13.2 Å². The molecule has 2 rings (SSSR count). The Labute approximate surface area is 129 Å². The molecule has 0 saturated carbocycles. The van der Waals surface area contributed by atoms with E-state index in [1.54, 1.807) is 13.0 Å². The Hall–Kier alpha value is -1.53. The molecular formula is C13H10Cl2F3N3. The van der Waals surface area contributed by atoms with Crippen LogP contribution in [0.1, 0.15) is 12.7 Å². The molecule has 0 aliphatic rings. The van der Waals surface area contributed by atoms with Gasteiger partial charge in [0.15, 0.2) is 0 Å². The van der Waals surface area contributed by atoms with Gasteiger partial charge in [-0.25, -0.2) is 9.97 Å². The zero-order valence-electron chi connectivity index (χ0n) is 10.8. The minimum atomic E-state index is -4.65. The number of nitrogens with zero attached hydrogens (tertiary/aromatic N) is 2. The Morgan fingerprint density at radius 1 is 1.14 bits per heavy atom. The van der Waals surface area contributed by atoms with E-state index >= 15 is 0 Å². The number of nitrogens with one attached hydrogen (secondary N) is 1. The Morgan fingerprint density at radius 2 is 1.86 bits per heavy atom. The van der Waals surface area contributed by atoms with Crippen LogP contribution in [0, 0.1) is 0 Å². The summed E-state index contributed by atoms with van der Waals surface area (Å²) in [6, 6.07) is 5.91. The normalized spacial score (nSPS) is 11.5. The molecule has 0 atom stereocenters. The van der Waals surface area contributed by atoms with Crippen molar-refractivity contribution in [2.45, 2.75) is 13.1 Å². The van der Waals surface area contributed by atoms with Crippen LogP contribution in [0.15, 0.2) is 24.3 Å². The molecule has 3 nitrogen and oxygen atoms in total. The van der Waals surface area contributed by atoms with E-state index in [0.29, 0.717) is 17.1 Å². The van der Waals surface area contributed by atoms with Gasteiger partial charge in [0, 0.05) is 23.2 Å². The Kier molecular flexibility index (Phi) is 4.58. The number of alkyl halides is 3. The molecule has 0 spiro atoms.